The van der Waals surface area contributed by atoms with Gasteiger partial charge in [0.25, 0.3) is 0 Å². The third kappa shape index (κ3) is 6.38. The molecule has 41 heavy (non-hydrogen) atoms. The standard InChI is InChI=1S/C27H32F4N6O3S/c1-17(2)18-5-9-36(10-6-18)41(38,39)21-3-4-24(23(28)13-21)34-26-32-15-22(27(29,30)31)25(35-26)19-14-33-37(16-19)20-7-11-40-12-8-20/h3-4,13-18,20H,5-12H2,1-2H3,(H,32,34,35). The number of benzene rings is 1. The zero-order chi connectivity index (χ0) is 29.4. The van der Waals surface area contributed by atoms with Crippen molar-refractivity contribution in [2.24, 2.45) is 11.8 Å². The molecule has 2 fully saturated rings. The molecule has 4 heterocycles. The summed E-state index contributed by atoms with van der Waals surface area (Å²) in [6.07, 6.45) is 1.55. The molecule has 0 saturated carbocycles. The van der Waals surface area contributed by atoms with Gasteiger partial charge >= 0.3 is 6.18 Å². The third-order valence-electron chi connectivity index (χ3n) is 7.80. The van der Waals surface area contributed by atoms with E-state index in [1.54, 1.807) is 4.68 Å². The SMILES string of the molecule is CC(C)C1CCN(S(=O)(=O)c2ccc(Nc3ncc(C(F)(F)F)c(-c4cnn(C5CCOCC5)c4)n3)c(F)c2)CC1. The fourth-order valence-electron chi connectivity index (χ4n) is 5.29. The summed E-state index contributed by atoms with van der Waals surface area (Å²) in [5, 5.41) is 6.83. The van der Waals surface area contributed by atoms with Gasteiger partial charge in [0.2, 0.25) is 16.0 Å². The smallest absolute Gasteiger partial charge is 0.381 e. The summed E-state index contributed by atoms with van der Waals surface area (Å²) < 4.78 is 91.1. The van der Waals surface area contributed by atoms with Crippen molar-refractivity contribution in [3.63, 3.8) is 0 Å². The van der Waals surface area contributed by atoms with Crippen LogP contribution in [0.1, 0.15) is 51.1 Å². The second-order valence-corrected chi connectivity index (χ2v) is 12.7. The lowest BCUT2D eigenvalue weighted by atomic mass is 9.87. The van der Waals surface area contributed by atoms with Gasteiger partial charge in [0.15, 0.2) is 0 Å². The Labute approximate surface area is 236 Å². The predicted octanol–water partition coefficient (Wildman–Crippen LogP) is 5.65. The maximum Gasteiger partial charge on any atom is 0.419 e. The quantitative estimate of drug-likeness (QED) is 0.352. The van der Waals surface area contributed by atoms with Gasteiger partial charge in [-0.05, 0) is 55.7 Å². The summed E-state index contributed by atoms with van der Waals surface area (Å²) >= 11 is 0. The number of aromatic nitrogens is 4. The summed E-state index contributed by atoms with van der Waals surface area (Å²) in [7, 11) is -3.90. The molecule has 0 unspecified atom stereocenters. The average molecular weight is 597 g/mol. The number of sulfonamides is 1. The number of hydrogen-bond acceptors (Lipinski definition) is 7. The number of piperidine rings is 1. The van der Waals surface area contributed by atoms with Crippen LogP contribution in [0.25, 0.3) is 11.3 Å². The molecule has 0 atom stereocenters. The summed E-state index contributed by atoms with van der Waals surface area (Å²) in [6, 6.07) is 3.37. The average Bonchev–Trinajstić information content (AvgIpc) is 3.44. The molecule has 2 aromatic heterocycles. The van der Waals surface area contributed by atoms with Crippen molar-refractivity contribution in [3.05, 3.63) is 48.2 Å². The Morgan fingerprint density at radius 3 is 2.41 bits per heavy atom. The first kappa shape index (κ1) is 29.4. The highest BCUT2D eigenvalue weighted by Crippen LogP contribution is 2.37. The zero-order valence-corrected chi connectivity index (χ0v) is 23.6. The Kier molecular flexibility index (Phi) is 8.35. The summed E-state index contributed by atoms with van der Waals surface area (Å²) in [4.78, 5) is 7.61. The molecule has 0 radical (unpaired) electrons. The molecule has 2 saturated heterocycles. The van der Waals surface area contributed by atoms with Crippen LogP contribution in [-0.2, 0) is 20.9 Å². The van der Waals surface area contributed by atoms with Crippen molar-refractivity contribution >= 4 is 21.7 Å². The summed E-state index contributed by atoms with van der Waals surface area (Å²) in [5.41, 5.74) is -1.50. The van der Waals surface area contributed by atoms with Crippen molar-refractivity contribution in [1.29, 1.82) is 0 Å². The molecule has 2 aliphatic rings. The lowest BCUT2D eigenvalue weighted by Crippen LogP contribution is -2.39. The molecular formula is C27H32F4N6O3S. The number of ether oxygens (including phenoxy) is 1. The minimum absolute atomic E-state index is 0.00303. The van der Waals surface area contributed by atoms with Gasteiger partial charge in [-0.1, -0.05) is 13.8 Å². The molecule has 5 rings (SSSR count). The number of nitrogens with one attached hydrogen (secondary N) is 1. The van der Waals surface area contributed by atoms with Crippen LogP contribution in [0.15, 0.2) is 41.7 Å². The Bertz CT molecular complexity index is 1480. The predicted molar refractivity (Wildman–Crippen MR) is 143 cm³/mol. The van der Waals surface area contributed by atoms with Gasteiger partial charge < -0.3 is 10.1 Å². The fourth-order valence-corrected chi connectivity index (χ4v) is 6.77. The van der Waals surface area contributed by atoms with E-state index in [1.165, 1.54) is 28.8 Å². The van der Waals surface area contributed by atoms with E-state index >= 15 is 4.39 Å². The second kappa shape index (κ2) is 11.6. The molecule has 14 heteroatoms. The van der Waals surface area contributed by atoms with E-state index in [1.807, 2.05) is 0 Å². The largest absolute Gasteiger partial charge is 0.419 e. The molecule has 1 N–H and O–H groups in total. The monoisotopic (exact) mass is 596 g/mol. The summed E-state index contributed by atoms with van der Waals surface area (Å²) in [5.74, 6) is -0.286. The molecule has 9 nitrogen and oxygen atoms in total. The molecule has 0 spiro atoms. The van der Waals surface area contributed by atoms with Crippen LogP contribution >= 0.6 is 0 Å². The highest BCUT2D eigenvalue weighted by atomic mass is 32.2. The van der Waals surface area contributed by atoms with E-state index in [0.717, 1.165) is 18.9 Å². The van der Waals surface area contributed by atoms with Crippen LogP contribution in [0.5, 0.6) is 0 Å². The van der Waals surface area contributed by atoms with Gasteiger partial charge in [0.05, 0.1) is 28.5 Å². The number of nitrogens with zero attached hydrogens (tertiary/aromatic N) is 5. The Morgan fingerprint density at radius 2 is 1.78 bits per heavy atom. The molecule has 0 aliphatic carbocycles. The van der Waals surface area contributed by atoms with Gasteiger partial charge in [0, 0.05) is 44.3 Å². The maximum atomic E-state index is 15.1. The Morgan fingerprint density at radius 1 is 1.07 bits per heavy atom. The van der Waals surface area contributed by atoms with Crippen LogP contribution in [0, 0.1) is 17.7 Å². The normalized spacial score (nSPS) is 18.2. The van der Waals surface area contributed by atoms with E-state index in [0.29, 0.717) is 57.2 Å². The minimum Gasteiger partial charge on any atom is -0.381 e. The van der Waals surface area contributed by atoms with E-state index in [4.69, 9.17) is 4.74 Å². The van der Waals surface area contributed by atoms with Crippen LogP contribution in [0.4, 0.5) is 29.2 Å². The van der Waals surface area contributed by atoms with Crippen molar-refractivity contribution in [2.45, 2.75) is 56.6 Å². The molecule has 0 amide bonds. The third-order valence-corrected chi connectivity index (χ3v) is 9.69. The molecule has 3 aromatic rings. The number of halogens is 4. The first-order chi connectivity index (χ1) is 19.4. The van der Waals surface area contributed by atoms with Gasteiger partial charge in [-0.15, -0.1) is 0 Å². The number of alkyl halides is 3. The number of rotatable bonds is 7. The first-order valence-corrected chi connectivity index (χ1v) is 15.0. The van der Waals surface area contributed by atoms with Crippen molar-refractivity contribution < 1.29 is 30.7 Å². The van der Waals surface area contributed by atoms with E-state index in [2.05, 4.69) is 34.2 Å². The first-order valence-electron chi connectivity index (χ1n) is 13.6. The molecule has 1 aromatic carbocycles. The van der Waals surface area contributed by atoms with Crippen LogP contribution < -0.4 is 5.32 Å². The van der Waals surface area contributed by atoms with Crippen molar-refractivity contribution in [1.82, 2.24) is 24.1 Å². The molecule has 2 aliphatic heterocycles. The fraction of sp³-hybridized carbons (Fsp3) is 0.519. The van der Waals surface area contributed by atoms with Gasteiger partial charge in [0.1, 0.15) is 11.4 Å². The minimum atomic E-state index is -4.74. The van der Waals surface area contributed by atoms with Crippen LogP contribution in [-0.4, -0.2) is 58.8 Å². The highest BCUT2D eigenvalue weighted by Gasteiger charge is 2.36. The highest BCUT2D eigenvalue weighted by molar-refractivity contribution is 7.89. The van der Waals surface area contributed by atoms with E-state index in [-0.39, 0.29) is 28.1 Å². The zero-order valence-electron chi connectivity index (χ0n) is 22.7. The van der Waals surface area contributed by atoms with Gasteiger partial charge in [-0.3, -0.25) is 4.68 Å². The number of hydrogen-bond donors (Lipinski definition) is 1. The van der Waals surface area contributed by atoms with Gasteiger partial charge in [-0.2, -0.15) is 22.6 Å². The van der Waals surface area contributed by atoms with E-state index < -0.39 is 33.3 Å². The van der Waals surface area contributed by atoms with E-state index in [9.17, 15) is 21.6 Å². The topological polar surface area (TPSA) is 102 Å². The Balaban J connectivity index is 1.38. The molecule has 0 bridgehead atoms. The second-order valence-electron chi connectivity index (χ2n) is 10.8. The Hall–Kier alpha value is -3.10. The van der Waals surface area contributed by atoms with Gasteiger partial charge in [-0.25, -0.2) is 22.8 Å². The molecule has 222 valence electrons. The summed E-state index contributed by atoms with van der Waals surface area (Å²) in [6.45, 7) is 6.02. The number of anilines is 2. The van der Waals surface area contributed by atoms with Crippen molar-refractivity contribution in [2.75, 3.05) is 31.6 Å². The maximum absolute atomic E-state index is 15.1. The lowest BCUT2D eigenvalue weighted by Gasteiger charge is -2.33. The van der Waals surface area contributed by atoms with Crippen molar-refractivity contribution in [3.8, 4) is 11.3 Å². The molecular weight excluding hydrogens is 564 g/mol. The van der Waals surface area contributed by atoms with Crippen LogP contribution in [0.2, 0.25) is 0 Å². The lowest BCUT2D eigenvalue weighted by molar-refractivity contribution is -0.137. The van der Waals surface area contributed by atoms with Crippen LogP contribution in [0.3, 0.4) is 0 Å².